The summed E-state index contributed by atoms with van der Waals surface area (Å²) in [4.78, 5) is 24.1. The van der Waals surface area contributed by atoms with E-state index in [-0.39, 0.29) is 18.1 Å². The minimum atomic E-state index is -0.271. The number of ether oxygens (including phenoxy) is 1. The van der Waals surface area contributed by atoms with E-state index in [0.29, 0.717) is 47.0 Å². The third-order valence-electron chi connectivity index (χ3n) is 7.14. The van der Waals surface area contributed by atoms with Crippen LogP contribution in [0, 0.1) is 0 Å². The standard InChI is InChI=1S/C28H32Cl2N6O2/c29-22-6-3-7-23(30)21(22)14-34-27-26(31)33-15-24(35-27)19-10-8-18(9-11-19)17-36-13-12-32-16-25(36)28(37)38-20-4-1-2-5-20/h3,6-11,15,20,25,32H,1-2,4-5,12-14,16-17H2,(H2,31,33)(H,34,35). The van der Waals surface area contributed by atoms with Gasteiger partial charge in [0.2, 0.25) is 0 Å². The Balaban J connectivity index is 1.24. The van der Waals surface area contributed by atoms with Gasteiger partial charge in [0.25, 0.3) is 0 Å². The lowest BCUT2D eigenvalue weighted by molar-refractivity contribution is -0.156. The lowest BCUT2D eigenvalue weighted by Gasteiger charge is -2.35. The van der Waals surface area contributed by atoms with E-state index < -0.39 is 0 Å². The molecule has 4 N–H and O–H groups in total. The summed E-state index contributed by atoms with van der Waals surface area (Å²) in [7, 11) is 0. The Morgan fingerprint density at radius 1 is 1.13 bits per heavy atom. The summed E-state index contributed by atoms with van der Waals surface area (Å²) < 4.78 is 5.81. The number of carbonyl (C=O) groups excluding carboxylic acids is 1. The molecule has 1 saturated carbocycles. The summed E-state index contributed by atoms with van der Waals surface area (Å²) in [5.41, 5.74) is 9.57. The summed E-state index contributed by atoms with van der Waals surface area (Å²) in [5, 5.41) is 7.68. The third-order valence-corrected chi connectivity index (χ3v) is 7.85. The topological polar surface area (TPSA) is 105 Å². The lowest BCUT2D eigenvalue weighted by atomic mass is 10.1. The lowest BCUT2D eigenvalue weighted by Crippen LogP contribution is -2.55. The van der Waals surface area contributed by atoms with Crippen LogP contribution in [-0.2, 0) is 22.6 Å². The van der Waals surface area contributed by atoms with E-state index in [1.54, 1.807) is 24.4 Å². The zero-order chi connectivity index (χ0) is 26.5. The maximum absolute atomic E-state index is 12.9. The molecule has 0 radical (unpaired) electrons. The summed E-state index contributed by atoms with van der Waals surface area (Å²) in [6.07, 6.45) is 5.97. The number of nitrogens with zero attached hydrogens (tertiary/aromatic N) is 3. The van der Waals surface area contributed by atoms with Crippen molar-refractivity contribution in [2.24, 2.45) is 0 Å². The minimum Gasteiger partial charge on any atom is -0.461 e. The van der Waals surface area contributed by atoms with E-state index in [2.05, 4.69) is 37.6 Å². The number of halogens is 2. The Labute approximate surface area is 232 Å². The van der Waals surface area contributed by atoms with Gasteiger partial charge >= 0.3 is 5.97 Å². The van der Waals surface area contributed by atoms with Gasteiger partial charge in [0, 0.05) is 53.9 Å². The number of carbonyl (C=O) groups is 1. The third kappa shape index (κ3) is 6.38. The molecule has 2 heterocycles. The first-order valence-corrected chi connectivity index (χ1v) is 13.8. The second kappa shape index (κ2) is 12.3. The fourth-order valence-electron chi connectivity index (χ4n) is 4.97. The number of rotatable bonds is 8. The molecule has 2 fully saturated rings. The molecule has 0 bridgehead atoms. The Bertz CT molecular complexity index is 1250. The van der Waals surface area contributed by atoms with Gasteiger partial charge in [-0.1, -0.05) is 53.5 Å². The van der Waals surface area contributed by atoms with Crippen molar-refractivity contribution in [2.75, 3.05) is 30.7 Å². The first kappa shape index (κ1) is 26.7. The smallest absolute Gasteiger partial charge is 0.324 e. The van der Waals surface area contributed by atoms with Gasteiger partial charge in [-0.3, -0.25) is 9.69 Å². The van der Waals surface area contributed by atoms with Gasteiger partial charge in [0.15, 0.2) is 11.6 Å². The van der Waals surface area contributed by atoms with Crippen molar-refractivity contribution < 1.29 is 9.53 Å². The highest BCUT2D eigenvalue weighted by Gasteiger charge is 2.32. The van der Waals surface area contributed by atoms with Crippen molar-refractivity contribution in [3.05, 3.63) is 69.8 Å². The van der Waals surface area contributed by atoms with Crippen molar-refractivity contribution >= 4 is 40.8 Å². The fourth-order valence-corrected chi connectivity index (χ4v) is 5.50. The molecule has 3 aromatic rings. The molecule has 8 nitrogen and oxygen atoms in total. The van der Waals surface area contributed by atoms with Gasteiger partial charge in [-0.25, -0.2) is 9.97 Å². The second-order valence-corrected chi connectivity index (χ2v) is 10.6. The largest absolute Gasteiger partial charge is 0.461 e. The number of nitrogen functional groups attached to an aromatic ring is 1. The van der Waals surface area contributed by atoms with Crippen molar-refractivity contribution in [1.82, 2.24) is 20.2 Å². The van der Waals surface area contributed by atoms with E-state index in [4.69, 9.17) is 33.7 Å². The molecular formula is C28H32Cl2N6O2. The van der Waals surface area contributed by atoms with Crippen LogP contribution in [0.5, 0.6) is 0 Å². The predicted molar refractivity (Wildman–Crippen MR) is 151 cm³/mol. The Hall–Kier alpha value is -2.91. The molecule has 1 aliphatic carbocycles. The molecule has 0 amide bonds. The van der Waals surface area contributed by atoms with E-state index >= 15 is 0 Å². The molecule has 200 valence electrons. The zero-order valence-corrected chi connectivity index (χ0v) is 22.6. The van der Waals surface area contributed by atoms with Crippen molar-refractivity contribution in [2.45, 2.75) is 50.9 Å². The van der Waals surface area contributed by atoms with Crippen LogP contribution in [0.4, 0.5) is 11.6 Å². The summed E-state index contributed by atoms with van der Waals surface area (Å²) in [6, 6.07) is 13.3. The van der Waals surface area contributed by atoms with Crippen molar-refractivity contribution in [3.8, 4) is 11.3 Å². The average Bonchev–Trinajstić information content (AvgIpc) is 3.43. The number of anilines is 2. The van der Waals surface area contributed by atoms with Crippen LogP contribution in [-0.4, -0.2) is 52.6 Å². The predicted octanol–water partition coefficient (Wildman–Crippen LogP) is 4.90. The van der Waals surface area contributed by atoms with Gasteiger partial charge < -0.3 is 21.1 Å². The Morgan fingerprint density at radius 2 is 1.87 bits per heavy atom. The maximum Gasteiger partial charge on any atom is 0.324 e. The normalized spacial score (nSPS) is 18.4. The minimum absolute atomic E-state index is 0.0765. The molecule has 5 rings (SSSR count). The summed E-state index contributed by atoms with van der Waals surface area (Å²) >= 11 is 12.6. The molecule has 1 atom stereocenters. The van der Waals surface area contributed by atoms with Gasteiger partial charge in [-0.05, 0) is 43.4 Å². The van der Waals surface area contributed by atoms with Crippen LogP contribution >= 0.6 is 23.2 Å². The second-order valence-electron chi connectivity index (χ2n) is 9.77. The SMILES string of the molecule is Nc1ncc(-c2ccc(CN3CCNCC3C(=O)OC3CCCC3)cc2)nc1NCc1c(Cl)cccc1Cl. The van der Waals surface area contributed by atoms with E-state index in [1.807, 2.05) is 12.1 Å². The van der Waals surface area contributed by atoms with Crippen LogP contribution in [0.3, 0.4) is 0 Å². The maximum atomic E-state index is 12.9. The summed E-state index contributed by atoms with van der Waals surface area (Å²) in [5.74, 6) is 0.644. The number of hydrogen-bond donors (Lipinski definition) is 3. The molecule has 2 aromatic carbocycles. The van der Waals surface area contributed by atoms with Crippen molar-refractivity contribution in [1.29, 1.82) is 0 Å². The van der Waals surface area contributed by atoms with Gasteiger partial charge in [0.1, 0.15) is 12.1 Å². The van der Waals surface area contributed by atoms with Gasteiger partial charge in [-0.2, -0.15) is 0 Å². The molecule has 1 saturated heterocycles. The number of hydrogen-bond acceptors (Lipinski definition) is 8. The average molecular weight is 556 g/mol. The monoisotopic (exact) mass is 554 g/mol. The van der Waals surface area contributed by atoms with E-state index in [9.17, 15) is 4.79 Å². The van der Waals surface area contributed by atoms with Crippen LogP contribution in [0.25, 0.3) is 11.3 Å². The molecular weight excluding hydrogens is 523 g/mol. The highest BCUT2D eigenvalue weighted by molar-refractivity contribution is 6.36. The number of esters is 1. The van der Waals surface area contributed by atoms with Crippen LogP contribution in [0.2, 0.25) is 10.0 Å². The Morgan fingerprint density at radius 3 is 2.61 bits per heavy atom. The zero-order valence-electron chi connectivity index (χ0n) is 21.1. The molecule has 1 aliphatic heterocycles. The van der Waals surface area contributed by atoms with Gasteiger partial charge in [-0.15, -0.1) is 0 Å². The van der Waals surface area contributed by atoms with Crippen molar-refractivity contribution in [3.63, 3.8) is 0 Å². The molecule has 1 aromatic heterocycles. The highest BCUT2D eigenvalue weighted by atomic mass is 35.5. The number of piperazine rings is 1. The van der Waals surface area contributed by atoms with E-state index in [0.717, 1.165) is 55.5 Å². The quantitative estimate of drug-likeness (QED) is 0.337. The molecule has 38 heavy (non-hydrogen) atoms. The van der Waals surface area contributed by atoms with E-state index in [1.165, 1.54) is 0 Å². The first-order chi connectivity index (χ1) is 18.5. The first-order valence-electron chi connectivity index (χ1n) is 13.0. The van der Waals surface area contributed by atoms with Crippen LogP contribution in [0.1, 0.15) is 36.8 Å². The van der Waals surface area contributed by atoms with Crippen LogP contribution < -0.4 is 16.4 Å². The fraction of sp³-hybridized carbons (Fsp3) is 0.393. The Kier molecular flexibility index (Phi) is 8.64. The molecule has 10 heteroatoms. The highest BCUT2D eigenvalue weighted by Crippen LogP contribution is 2.27. The summed E-state index contributed by atoms with van der Waals surface area (Å²) in [6.45, 7) is 3.29. The number of nitrogens with two attached hydrogens (primary N) is 1. The molecule has 0 spiro atoms. The number of aromatic nitrogens is 2. The number of benzene rings is 2. The number of nitrogens with one attached hydrogen (secondary N) is 2. The molecule has 2 aliphatic rings. The molecule has 1 unspecified atom stereocenters. The van der Waals surface area contributed by atoms with Crippen LogP contribution in [0.15, 0.2) is 48.7 Å². The van der Waals surface area contributed by atoms with Gasteiger partial charge in [0.05, 0.1) is 11.9 Å².